The van der Waals surface area contributed by atoms with Crippen LogP contribution in [0.15, 0.2) is 48.5 Å². The van der Waals surface area contributed by atoms with Gasteiger partial charge in [-0.25, -0.2) is 4.39 Å². The third kappa shape index (κ3) is 5.07. The van der Waals surface area contributed by atoms with Gasteiger partial charge in [0, 0.05) is 44.5 Å². The first-order chi connectivity index (χ1) is 14.1. The molecule has 4 rings (SSSR count). The second-order valence-corrected chi connectivity index (χ2v) is 7.83. The standard InChI is InChI=1S/C23H28FN3O2/c1-29-22-10-2-18(3-11-22)16-27(21-8-9-21)17-23(28)26-14-12-25(13-15-26)20-6-4-19(24)5-7-20/h2-7,10-11,21H,8-9,12-17H2,1H3. The quantitative estimate of drug-likeness (QED) is 0.719. The van der Waals surface area contributed by atoms with Crippen LogP contribution in [-0.4, -0.2) is 61.6 Å². The van der Waals surface area contributed by atoms with Gasteiger partial charge in [0.15, 0.2) is 0 Å². The highest BCUT2D eigenvalue weighted by Gasteiger charge is 2.32. The second-order valence-electron chi connectivity index (χ2n) is 7.83. The van der Waals surface area contributed by atoms with Crippen molar-refractivity contribution in [1.82, 2.24) is 9.80 Å². The van der Waals surface area contributed by atoms with Gasteiger partial charge in [0.1, 0.15) is 11.6 Å². The number of methoxy groups -OCH3 is 1. The number of piperazine rings is 1. The molecule has 1 aliphatic carbocycles. The van der Waals surface area contributed by atoms with E-state index in [0.29, 0.717) is 25.7 Å². The number of hydrogen-bond donors (Lipinski definition) is 0. The zero-order valence-electron chi connectivity index (χ0n) is 16.9. The summed E-state index contributed by atoms with van der Waals surface area (Å²) in [4.78, 5) is 19.4. The number of anilines is 1. The molecule has 2 fully saturated rings. The van der Waals surface area contributed by atoms with Crippen LogP contribution >= 0.6 is 0 Å². The van der Waals surface area contributed by atoms with Crippen molar-refractivity contribution in [2.75, 3.05) is 44.7 Å². The Hall–Kier alpha value is -2.60. The maximum Gasteiger partial charge on any atom is 0.236 e. The predicted molar refractivity (Wildman–Crippen MR) is 112 cm³/mol. The lowest BCUT2D eigenvalue weighted by Crippen LogP contribution is -2.51. The van der Waals surface area contributed by atoms with E-state index in [1.165, 1.54) is 30.5 Å². The Morgan fingerprint density at radius 1 is 1.03 bits per heavy atom. The van der Waals surface area contributed by atoms with Crippen LogP contribution in [0.25, 0.3) is 0 Å². The van der Waals surface area contributed by atoms with Gasteiger partial charge in [-0.1, -0.05) is 12.1 Å². The molecular formula is C23H28FN3O2. The first-order valence-electron chi connectivity index (χ1n) is 10.3. The molecule has 1 saturated heterocycles. The van der Waals surface area contributed by atoms with Gasteiger partial charge >= 0.3 is 0 Å². The molecule has 5 nitrogen and oxygen atoms in total. The molecule has 0 spiro atoms. The lowest BCUT2D eigenvalue weighted by molar-refractivity contribution is -0.133. The first kappa shape index (κ1) is 19.7. The predicted octanol–water partition coefficient (Wildman–Crippen LogP) is 3.15. The summed E-state index contributed by atoms with van der Waals surface area (Å²) in [5.41, 5.74) is 2.21. The summed E-state index contributed by atoms with van der Waals surface area (Å²) in [7, 11) is 1.67. The maximum absolute atomic E-state index is 13.1. The van der Waals surface area contributed by atoms with Crippen LogP contribution in [0.5, 0.6) is 5.75 Å². The molecule has 0 radical (unpaired) electrons. The Labute approximate surface area is 171 Å². The van der Waals surface area contributed by atoms with Gasteiger partial charge in [0.25, 0.3) is 0 Å². The van der Waals surface area contributed by atoms with Crippen LogP contribution in [0.3, 0.4) is 0 Å². The van der Waals surface area contributed by atoms with Crippen molar-refractivity contribution in [3.63, 3.8) is 0 Å². The minimum absolute atomic E-state index is 0.198. The average molecular weight is 397 g/mol. The summed E-state index contributed by atoms with van der Waals surface area (Å²) >= 11 is 0. The van der Waals surface area contributed by atoms with Gasteiger partial charge in [-0.15, -0.1) is 0 Å². The third-order valence-corrected chi connectivity index (χ3v) is 5.77. The summed E-state index contributed by atoms with van der Waals surface area (Å²) in [5, 5.41) is 0. The number of amides is 1. The Bertz CT molecular complexity index is 813. The van der Waals surface area contributed by atoms with E-state index in [0.717, 1.165) is 31.1 Å². The largest absolute Gasteiger partial charge is 0.497 e. The van der Waals surface area contributed by atoms with Crippen molar-refractivity contribution in [3.8, 4) is 5.75 Å². The van der Waals surface area contributed by atoms with Crippen molar-refractivity contribution >= 4 is 11.6 Å². The average Bonchev–Trinajstić information content (AvgIpc) is 3.60. The molecular weight excluding hydrogens is 369 g/mol. The van der Waals surface area contributed by atoms with Crippen molar-refractivity contribution < 1.29 is 13.9 Å². The number of carbonyl (C=O) groups excluding carboxylic acids is 1. The minimum atomic E-state index is -0.223. The highest BCUT2D eigenvalue weighted by molar-refractivity contribution is 5.78. The number of hydrogen-bond acceptors (Lipinski definition) is 4. The van der Waals surface area contributed by atoms with Crippen LogP contribution in [0.1, 0.15) is 18.4 Å². The summed E-state index contributed by atoms with van der Waals surface area (Å²) in [6, 6.07) is 15.2. The number of benzene rings is 2. The van der Waals surface area contributed by atoms with Crippen LogP contribution in [-0.2, 0) is 11.3 Å². The molecule has 1 heterocycles. The van der Waals surface area contributed by atoms with Gasteiger partial charge in [-0.3, -0.25) is 9.69 Å². The Balaban J connectivity index is 1.31. The van der Waals surface area contributed by atoms with Gasteiger partial charge in [0.05, 0.1) is 13.7 Å². The smallest absolute Gasteiger partial charge is 0.236 e. The van der Waals surface area contributed by atoms with Crippen molar-refractivity contribution in [2.45, 2.75) is 25.4 Å². The molecule has 0 unspecified atom stereocenters. The molecule has 6 heteroatoms. The van der Waals surface area contributed by atoms with E-state index in [1.807, 2.05) is 17.0 Å². The molecule has 1 amide bonds. The van der Waals surface area contributed by atoms with Crippen LogP contribution in [0.2, 0.25) is 0 Å². The highest BCUT2D eigenvalue weighted by Crippen LogP contribution is 2.29. The van der Waals surface area contributed by atoms with Gasteiger partial charge in [0.2, 0.25) is 5.91 Å². The molecule has 0 N–H and O–H groups in total. The molecule has 0 bridgehead atoms. The maximum atomic E-state index is 13.1. The SMILES string of the molecule is COc1ccc(CN(CC(=O)N2CCN(c3ccc(F)cc3)CC2)C2CC2)cc1. The van der Waals surface area contributed by atoms with E-state index in [9.17, 15) is 9.18 Å². The topological polar surface area (TPSA) is 36.0 Å². The monoisotopic (exact) mass is 397 g/mol. The van der Waals surface area contributed by atoms with Crippen LogP contribution < -0.4 is 9.64 Å². The third-order valence-electron chi connectivity index (χ3n) is 5.77. The molecule has 2 aliphatic rings. The lowest BCUT2D eigenvalue weighted by Gasteiger charge is -2.37. The molecule has 0 aromatic heterocycles. The first-order valence-corrected chi connectivity index (χ1v) is 10.3. The number of ether oxygens (including phenoxy) is 1. The zero-order chi connectivity index (χ0) is 20.2. The second kappa shape index (κ2) is 8.82. The molecule has 2 aromatic carbocycles. The lowest BCUT2D eigenvalue weighted by atomic mass is 10.2. The van der Waals surface area contributed by atoms with Gasteiger partial charge in [-0.2, -0.15) is 0 Å². The van der Waals surface area contributed by atoms with E-state index in [4.69, 9.17) is 4.74 Å². The Morgan fingerprint density at radius 2 is 1.69 bits per heavy atom. The molecule has 2 aromatic rings. The van der Waals surface area contributed by atoms with E-state index in [1.54, 1.807) is 19.2 Å². The summed E-state index contributed by atoms with van der Waals surface area (Å²) in [6.45, 7) is 4.22. The normalized spacial score (nSPS) is 16.9. The molecule has 0 atom stereocenters. The van der Waals surface area contributed by atoms with Crippen molar-refractivity contribution in [2.24, 2.45) is 0 Å². The van der Waals surface area contributed by atoms with Crippen molar-refractivity contribution in [1.29, 1.82) is 0 Å². The molecule has 154 valence electrons. The number of rotatable bonds is 7. The van der Waals surface area contributed by atoms with E-state index in [2.05, 4.69) is 21.9 Å². The number of carbonyl (C=O) groups is 1. The van der Waals surface area contributed by atoms with Crippen molar-refractivity contribution in [3.05, 3.63) is 59.9 Å². The van der Waals surface area contributed by atoms with Gasteiger partial charge in [-0.05, 0) is 54.8 Å². The number of halogens is 1. The van der Waals surface area contributed by atoms with E-state index < -0.39 is 0 Å². The summed E-state index contributed by atoms with van der Waals surface area (Å²) in [5.74, 6) is 0.825. The van der Waals surface area contributed by atoms with E-state index in [-0.39, 0.29) is 11.7 Å². The number of nitrogens with zero attached hydrogens (tertiary/aromatic N) is 3. The Morgan fingerprint density at radius 3 is 2.28 bits per heavy atom. The fourth-order valence-corrected chi connectivity index (χ4v) is 3.86. The summed E-state index contributed by atoms with van der Waals surface area (Å²) in [6.07, 6.45) is 2.34. The summed E-state index contributed by atoms with van der Waals surface area (Å²) < 4.78 is 18.4. The molecule has 29 heavy (non-hydrogen) atoms. The minimum Gasteiger partial charge on any atom is -0.497 e. The van der Waals surface area contributed by atoms with E-state index >= 15 is 0 Å². The van der Waals surface area contributed by atoms with Crippen LogP contribution in [0, 0.1) is 5.82 Å². The highest BCUT2D eigenvalue weighted by atomic mass is 19.1. The zero-order valence-corrected chi connectivity index (χ0v) is 16.9. The fraction of sp³-hybridized carbons (Fsp3) is 0.435. The fourth-order valence-electron chi connectivity index (χ4n) is 3.86. The molecule has 1 saturated carbocycles. The Kier molecular flexibility index (Phi) is 6.00. The van der Waals surface area contributed by atoms with Gasteiger partial charge < -0.3 is 14.5 Å². The molecule has 1 aliphatic heterocycles. The van der Waals surface area contributed by atoms with Crippen LogP contribution in [0.4, 0.5) is 10.1 Å².